The molecule has 1 fully saturated rings. The van der Waals surface area contributed by atoms with Crippen LogP contribution in [0.3, 0.4) is 0 Å². The number of benzene rings is 1. The summed E-state index contributed by atoms with van der Waals surface area (Å²) in [5, 5.41) is 61.5. The fourth-order valence-corrected chi connectivity index (χ4v) is 11.4. The smallest absolute Gasteiger partial charge is 0.317 e. The summed E-state index contributed by atoms with van der Waals surface area (Å²) >= 11 is 0. The lowest BCUT2D eigenvalue weighted by Gasteiger charge is -2.32. The van der Waals surface area contributed by atoms with Crippen molar-refractivity contribution < 1.29 is 78.0 Å². The van der Waals surface area contributed by atoms with Gasteiger partial charge in [0.1, 0.15) is 42.3 Å². The van der Waals surface area contributed by atoms with Crippen molar-refractivity contribution >= 4 is 93.9 Å². The van der Waals surface area contributed by atoms with Crippen LogP contribution in [0.4, 0.5) is 0 Å². The summed E-state index contributed by atoms with van der Waals surface area (Å²) in [5.41, 5.74) is 41.4. The number of aromatic amines is 1. The monoisotopic (exact) mass is 1470 g/mol. The molecule has 0 unspecified atom stereocenters. The maximum absolute atomic E-state index is 14.7. The minimum atomic E-state index is -1.80. The number of fused-ring (bicyclic) bond motifs is 1. The third kappa shape index (κ3) is 34.8. The van der Waals surface area contributed by atoms with Crippen molar-refractivity contribution in [3.05, 3.63) is 36.0 Å². The number of guanidine groups is 2. The molecule has 0 spiro atoms. The topological polar surface area (TPSA) is 618 Å². The molecule has 584 valence electrons. The van der Waals surface area contributed by atoms with Gasteiger partial charge in [-0.05, 0) is 101 Å². The second-order valence-corrected chi connectivity index (χ2v) is 26.4. The number of aromatic nitrogens is 1. The van der Waals surface area contributed by atoms with Crippen molar-refractivity contribution in [2.45, 2.75) is 160 Å². The van der Waals surface area contributed by atoms with Gasteiger partial charge < -0.3 is 108 Å². The number of nitrogens with two attached hydrogens (primary N) is 7. The molecule has 1 aromatic heterocycles. The van der Waals surface area contributed by atoms with Crippen LogP contribution in [0.2, 0.25) is 0 Å². The molecule has 1 aromatic carbocycles. The standard InChI is InChI=1S/C66H114N22O16/c1-5-41(4)56(68)64(104)83-49(32-40(2)3)61(101)80-48(19-13-23-76-66(72)73)60(100)82-50(33-42-34-77-44-15-7-6-14-43(42)44)62(102)84-51(39-89)63(103)81-47(18-12-22-75-65(70)71)59(99)79-46(17-8-10-20-67)58(98)78-45(57(69)97)16-9-11-21-74-52(90)35-85-24-26-86(36-53(91)92)28-30-88(38-55(95)96)31-29-87(27-25-85)37-54(93)94/h6-7,14-15,34,40-41,45-51,56,77,89H,5,8-13,16-33,35-39,67-68H2,1-4H3,(H2,69,97)(H,74,90)(H,78,98)(H,79,99)(H,80,101)(H,81,103)(H,82,100)(H,83,104)(H,84,102)(H,91,92)(H,93,94)(H,95,96)(H4,70,71,75)(H4,72,73,76)/t41-,45+,46+,47+,48+,49+,50+,51+,56-/m1/s1. The van der Waals surface area contributed by atoms with Crippen LogP contribution < -0.4 is 82.7 Å². The largest absolute Gasteiger partial charge is 0.480 e. The van der Waals surface area contributed by atoms with Gasteiger partial charge in [0, 0.05) is 95.5 Å². The molecule has 0 aliphatic carbocycles. The van der Waals surface area contributed by atoms with Gasteiger partial charge in [0.15, 0.2) is 11.9 Å². The number of para-hydroxylation sites is 1. The minimum absolute atomic E-state index is 0.00835. The number of carboxylic acid groups (broad SMARTS) is 3. The molecule has 0 bridgehead atoms. The van der Waals surface area contributed by atoms with Crippen LogP contribution in [-0.4, -0.2) is 288 Å². The maximum Gasteiger partial charge on any atom is 0.317 e. The van der Waals surface area contributed by atoms with E-state index in [0.29, 0.717) is 42.1 Å². The van der Waals surface area contributed by atoms with E-state index in [2.05, 4.69) is 57.5 Å². The molecule has 1 aliphatic rings. The Labute approximate surface area is 605 Å². The van der Waals surface area contributed by atoms with Crippen molar-refractivity contribution in [1.29, 1.82) is 0 Å². The predicted molar refractivity (Wildman–Crippen MR) is 387 cm³/mol. The maximum atomic E-state index is 14.7. The number of aliphatic carboxylic acids is 3. The van der Waals surface area contributed by atoms with Gasteiger partial charge in [-0.25, -0.2) is 0 Å². The Morgan fingerprint density at radius 3 is 1.35 bits per heavy atom. The third-order valence-corrected chi connectivity index (χ3v) is 17.5. The van der Waals surface area contributed by atoms with E-state index in [-0.39, 0.29) is 186 Å². The molecular weight excluding hydrogens is 1360 g/mol. The number of hydrogen-bond donors (Lipinski definition) is 20. The lowest BCUT2D eigenvalue weighted by Crippen LogP contribution is -2.61. The summed E-state index contributed by atoms with van der Waals surface area (Å²) in [6.07, 6.45) is 3.35. The highest BCUT2D eigenvalue weighted by atomic mass is 16.4. The van der Waals surface area contributed by atoms with Gasteiger partial charge in [-0.2, -0.15) is 0 Å². The molecule has 38 nitrogen and oxygen atoms in total. The highest BCUT2D eigenvalue weighted by Crippen LogP contribution is 2.20. The second-order valence-electron chi connectivity index (χ2n) is 26.4. The second kappa shape index (κ2) is 47.8. The molecule has 0 radical (unpaired) electrons. The highest BCUT2D eigenvalue weighted by molar-refractivity contribution is 5.98. The van der Waals surface area contributed by atoms with Gasteiger partial charge in [-0.3, -0.25) is 87.1 Å². The van der Waals surface area contributed by atoms with E-state index in [1.165, 1.54) is 0 Å². The number of carbonyl (C=O) groups excluding carboxylic acids is 9. The molecule has 9 amide bonds. The molecule has 9 atom stereocenters. The average Bonchev–Trinajstić information content (AvgIpc) is 1.62. The Hall–Kier alpha value is -9.34. The number of nitrogens with one attached hydrogen (secondary N) is 9. The number of amides is 9. The number of rotatable bonds is 47. The number of aliphatic hydroxyl groups is 1. The van der Waals surface area contributed by atoms with E-state index in [1.54, 1.807) is 57.0 Å². The normalized spacial score (nSPS) is 16.2. The number of primary amides is 1. The molecular formula is C66H114N22O16. The first-order chi connectivity index (χ1) is 49.3. The quantitative estimate of drug-likeness (QED) is 0.0167. The summed E-state index contributed by atoms with van der Waals surface area (Å²) < 4.78 is 0. The summed E-state index contributed by atoms with van der Waals surface area (Å²) in [4.78, 5) is 179. The fraction of sp³-hybridized carbons (Fsp3) is 0.667. The number of carbonyl (C=O) groups is 12. The molecule has 38 heteroatoms. The Morgan fingerprint density at radius 1 is 0.510 bits per heavy atom. The SMILES string of the molecule is CC[C@@H](C)[C@@H](N)C(=O)N[C@@H](CC(C)C)C(=O)N[C@@H](CCCN=C(N)N)C(=O)N[C@@H](Cc1c[nH]c2ccccc12)C(=O)N[C@@H](CO)C(=O)N[C@@H](CCCN=C(N)N)C(=O)N[C@@H](CCCCN)C(=O)N[C@@H](CCCCNC(=O)CN1CCN(CC(=O)O)CCN(CC(=O)O)CCN(CC(=O)O)CC1)C(N)=O. The highest BCUT2D eigenvalue weighted by Gasteiger charge is 2.36. The lowest BCUT2D eigenvalue weighted by atomic mass is 9.97. The molecule has 3 rings (SSSR count). The molecule has 104 heavy (non-hydrogen) atoms. The van der Waals surface area contributed by atoms with E-state index in [4.69, 9.17) is 40.1 Å². The Balaban J connectivity index is 1.85. The number of hydrogen-bond acceptors (Lipinski definition) is 21. The first-order valence-corrected chi connectivity index (χ1v) is 35.3. The van der Waals surface area contributed by atoms with Crippen molar-refractivity contribution in [3.63, 3.8) is 0 Å². The number of H-pyrrole nitrogens is 1. The predicted octanol–water partition coefficient (Wildman–Crippen LogP) is -6.00. The Morgan fingerprint density at radius 2 is 0.904 bits per heavy atom. The van der Waals surface area contributed by atoms with E-state index in [1.807, 2.05) is 20.8 Å². The summed E-state index contributed by atoms with van der Waals surface area (Å²) in [5.74, 6) is -11.4. The van der Waals surface area contributed by atoms with Crippen molar-refractivity contribution in [2.75, 3.05) is 111 Å². The van der Waals surface area contributed by atoms with E-state index >= 15 is 0 Å². The van der Waals surface area contributed by atoms with Crippen LogP contribution in [-0.2, 0) is 64.0 Å². The van der Waals surface area contributed by atoms with Crippen LogP contribution in [0.1, 0.15) is 110 Å². The van der Waals surface area contributed by atoms with Gasteiger partial charge in [-0.15, -0.1) is 0 Å². The summed E-state index contributed by atoms with van der Waals surface area (Å²) in [6.45, 7) is 7.11. The van der Waals surface area contributed by atoms with Gasteiger partial charge >= 0.3 is 17.9 Å². The Kier molecular flexibility index (Phi) is 40.9. The first kappa shape index (κ1) is 88.9. The van der Waals surface area contributed by atoms with Crippen LogP contribution >= 0.6 is 0 Å². The van der Waals surface area contributed by atoms with Crippen LogP contribution in [0, 0.1) is 11.8 Å². The molecule has 2 heterocycles. The molecule has 27 N–H and O–H groups in total. The zero-order chi connectivity index (χ0) is 77.4. The third-order valence-electron chi connectivity index (χ3n) is 17.5. The Bertz CT molecular complexity index is 3130. The van der Waals surface area contributed by atoms with E-state index in [0.717, 1.165) is 0 Å². The van der Waals surface area contributed by atoms with Crippen molar-refractivity contribution in [3.8, 4) is 0 Å². The molecule has 0 saturated carbocycles. The summed E-state index contributed by atoms with van der Waals surface area (Å²) in [6, 6.07) is -3.78. The van der Waals surface area contributed by atoms with Gasteiger partial charge in [-0.1, -0.05) is 52.3 Å². The van der Waals surface area contributed by atoms with E-state index < -0.39 is 126 Å². The zero-order valence-electron chi connectivity index (χ0n) is 60.3. The number of aliphatic imine (C=N–C) groups is 2. The van der Waals surface area contributed by atoms with Crippen LogP contribution in [0.5, 0.6) is 0 Å². The molecule has 1 aliphatic heterocycles. The van der Waals surface area contributed by atoms with E-state index in [9.17, 15) is 78.0 Å². The van der Waals surface area contributed by atoms with Crippen molar-refractivity contribution in [1.82, 2.24) is 67.1 Å². The summed E-state index contributed by atoms with van der Waals surface area (Å²) in [7, 11) is 0. The van der Waals surface area contributed by atoms with Crippen molar-refractivity contribution in [2.24, 2.45) is 62.0 Å². The first-order valence-electron chi connectivity index (χ1n) is 35.3. The lowest BCUT2D eigenvalue weighted by molar-refractivity contribution is -0.140. The molecule has 2 aromatic rings. The number of nitrogens with zero attached hydrogens (tertiary/aromatic N) is 6. The van der Waals surface area contributed by atoms with Gasteiger partial charge in [0.2, 0.25) is 53.2 Å². The average molecular weight is 1470 g/mol. The fourth-order valence-electron chi connectivity index (χ4n) is 11.4. The minimum Gasteiger partial charge on any atom is -0.480 e. The zero-order valence-corrected chi connectivity index (χ0v) is 60.3. The van der Waals surface area contributed by atoms with Gasteiger partial charge in [0.05, 0.1) is 38.8 Å². The van der Waals surface area contributed by atoms with Crippen LogP contribution in [0.25, 0.3) is 10.9 Å². The number of carboxylic acids is 3. The van der Waals surface area contributed by atoms with Gasteiger partial charge in [0.25, 0.3) is 0 Å². The molecule has 1 saturated heterocycles. The number of unbranched alkanes of at least 4 members (excludes halogenated alkanes) is 2. The number of aliphatic hydroxyl groups excluding tert-OH is 1. The van der Waals surface area contributed by atoms with Crippen LogP contribution in [0.15, 0.2) is 40.4 Å².